The van der Waals surface area contributed by atoms with Crippen molar-refractivity contribution in [3.05, 3.63) is 82.9 Å². The number of rotatable bonds is 5. The molecule has 0 N–H and O–H groups in total. The lowest BCUT2D eigenvalue weighted by molar-refractivity contribution is -0.144. The van der Waals surface area contributed by atoms with Gasteiger partial charge in [0.25, 0.3) is 0 Å². The van der Waals surface area contributed by atoms with E-state index >= 15 is 0 Å². The van der Waals surface area contributed by atoms with Crippen LogP contribution in [0.5, 0.6) is 17.2 Å². The first kappa shape index (κ1) is 36.2. The van der Waals surface area contributed by atoms with E-state index in [9.17, 15) is 52.7 Å². The zero-order valence-corrected chi connectivity index (χ0v) is 26.3. The first-order valence-electron chi connectivity index (χ1n) is 14.0. The second kappa shape index (κ2) is 12.6. The number of methoxy groups -OCH3 is 2. The molecular formula is C33H23F12O3P. The third-order valence-corrected chi connectivity index (χ3v) is 9.08. The largest absolute Gasteiger partial charge is 0.495 e. The molecule has 0 saturated carbocycles. The van der Waals surface area contributed by atoms with E-state index in [0.717, 1.165) is 20.3 Å². The second-order valence-electron chi connectivity index (χ2n) is 11.0. The summed E-state index contributed by atoms with van der Waals surface area (Å²) in [6.45, 7) is 2.15. The van der Waals surface area contributed by atoms with E-state index in [4.69, 9.17) is 14.2 Å². The van der Waals surface area contributed by atoms with Gasteiger partial charge in [0.05, 0.1) is 48.6 Å². The van der Waals surface area contributed by atoms with Crippen molar-refractivity contribution in [3.8, 4) is 50.6 Å². The summed E-state index contributed by atoms with van der Waals surface area (Å²) in [4.78, 5) is 0. The fraction of sp³-hybridized carbons (Fsp3) is 0.273. The van der Waals surface area contributed by atoms with Gasteiger partial charge < -0.3 is 14.2 Å². The highest BCUT2D eigenvalue weighted by Gasteiger charge is 2.40. The Bertz CT molecular complexity index is 1730. The van der Waals surface area contributed by atoms with Crippen molar-refractivity contribution in [2.45, 2.75) is 37.3 Å². The topological polar surface area (TPSA) is 27.7 Å². The van der Waals surface area contributed by atoms with Crippen LogP contribution in [0.3, 0.4) is 0 Å². The summed E-state index contributed by atoms with van der Waals surface area (Å²) in [5, 5.41) is 0.515. The van der Waals surface area contributed by atoms with Crippen LogP contribution in [-0.2, 0) is 24.7 Å². The van der Waals surface area contributed by atoms with E-state index in [1.165, 1.54) is 12.1 Å². The highest BCUT2D eigenvalue weighted by molar-refractivity contribution is 7.48. The molecule has 0 fully saturated rings. The predicted molar refractivity (Wildman–Crippen MR) is 159 cm³/mol. The van der Waals surface area contributed by atoms with E-state index in [1.807, 2.05) is 6.92 Å². The van der Waals surface area contributed by atoms with Gasteiger partial charge in [0.2, 0.25) is 0 Å². The molecule has 0 aromatic heterocycles. The summed E-state index contributed by atoms with van der Waals surface area (Å²) < 4.78 is 184. The molecule has 0 radical (unpaired) electrons. The molecule has 4 aromatic rings. The van der Waals surface area contributed by atoms with Gasteiger partial charge in [-0.3, -0.25) is 0 Å². The van der Waals surface area contributed by atoms with Crippen LogP contribution in [0, 0.1) is 0 Å². The van der Waals surface area contributed by atoms with Gasteiger partial charge in [0, 0.05) is 27.7 Å². The molecule has 16 heteroatoms. The zero-order chi connectivity index (χ0) is 36.3. The molecule has 5 rings (SSSR count). The maximum absolute atomic E-state index is 13.9. The van der Waals surface area contributed by atoms with Gasteiger partial charge in [-0.25, -0.2) is 0 Å². The van der Waals surface area contributed by atoms with Gasteiger partial charge in [-0.2, -0.15) is 52.7 Å². The van der Waals surface area contributed by atoms with E-state index in [-0.39, 0.29) is 49.0 Å². The van der Waals surface area contributed by atoms with Crippen LogP contribution in [0.1, 0.15) is 29.2 Å². The van der Waals surface area contributed by atoms with Crippen LogP contribution in [0.15, 0.2) is 60.7 Å². The van der Waals surface area contributed by atoms with Crippen LogP contribution in [0.2, 0.25) is 0 Å². The number of hydrogen-bond acceptors (Lipinski definition) is 3. The van der Waals surface area contributed by atoms with E-state index in [2.05, 4.69) is 0 Å². The Kier molecular flexibility index (Phi) is 9.33. The Labute approximate surface area is 272 Å². The number of benzene rings is 4. The summed E-state index contributed by atoms with van der Waals surface area (Å²) in [5.74, 6) is -0.346. The number of ether oxygens (including phenoxy) is 3. The summed E-state index contributed by atoms with van der Waals surface area (Å²) in [6, 6.07) is 6.77. The molecule has 1 aliphatic heterocycles. The normalized spacial score (nSPS) is 15.9. The highest BCUT2D eigenvalue weighted by Crippen LogP contribution is 2.53. The quantitative estimate of drug-likeness (QED) is 0.151. The zero-order valence-electron chi connectivity index (χ0n) is 25.3. The molecule has 0 amide bonds. The minimum atomic E-state index is -5.28. The fourth-order valence-electron chi connectivity index (χ4n) is 5.48. The first-order chi connectivity index (χ1) is 22.6. The monoisotopic (exact) mass is 726 g/mol. The van der Waals surface area contributed by atoms with Gasteiger partial charge in [0.1, 0.15) is 17.2 Å². The first-order valence-corrected chi connectivity index (χ1v) is 15.1. The van der Waals surface area contributed by atoms with Crippen LogP contribution >= 0.6 is 8.58 Å². The van der Waals surface area contributed by atoms with Crippen molar-refractivity contribution in [3.63, 3.8) is 0 Å². The highest BCUT2D eigenvalue weighted by atomic mass is 31.1. The Morgan fingerprint density at radius 1 is 0.592 bits per heavy atom. The number of hydrogen-bond donors (Lipinski definition) is 0. The minimum absolute atomic E-state index is 0.0233. The van der Waals surface area contributed by atoms with Gasteiger partial charge >= 0.3 is 24.7 Å². The molecule has 0 saturated heterocycles. The van der Waals surface area contributed by atoms with Crippen molar-refractivity contribution >= 4 is 13.9 Å². The van der Waals surface area contributed by atoms with Gasteiger partial charge in [-0.1, -0.05) is 27.6 Å². The molecule has 3 nitrogen and oxygen atoms in total. The molecule has 2 atom stereocenters. The van der Waals surface area contributed by atoms with Crippen LogP contribution < -0.4 is 19.5 Å². The second-order valence-corrected chi connectivity index (χ2v) is 12.8. The number of halogens is 12. The van der Waals surface area contributed by atoms with Crippen LogP contribution in [0.25, 0.3) is 33.4 Å². The third-order valence-electron chi connectivity index (χ3n) is 7.61. The molecule has 0 spiro atoms. The van der Waals surface area contributed by atoms with Crippen molar-refractivity contribution in [2.24, 2.45) is 0 Å². The third kappa shape index (κ3) is 7.27. The molecule has 1 aliphatic rings. The molecule has 49 heavy (non-hydrogen) atoms. The predicted octanol–water partition coefficient (Wildman–Crippen LogP) is 10.9. The lowest BCUT2D eigenvalue weighted by atomic mass is 9.88. The van der Waals surface area contributed by atoms with Crippen molar-refractivity contribution in [1.82, 2.24) is 0 Å². The Hall–Kier alpha value is -4.13. The van der Waals surface area contributed by atoms with Crippen molar-refractivity contribution in [2.75, 3.05) is 20.8 Å². The summed E-state index contributed by atoms with van der Waals surface area (Å²) in [6.07, 6.45) is -21.1. The molecule has 1 heterocycles. The van der Waals surface area contributed by atoms with Crippen molar-refractivity contribution < 1.29 is 66.9 Å². The molecule has 0 aliphatic carbocycles. The Morgan fingerprint density at radius 2 is 1.00 bits per heavy atom. The Morgan fingerprint density at radius 3 is 1.37 bits per heavy atom. The van der Waals surface area contributed by atoms with Gasteiger partial charge in [0.15, 0.2) is 0 Å². The SMILES string of the molecule is COc1c(-c2cc(C(F)(F)F)cc(C(F)(F)F)c2)cc(-c2cc(C(F)(F)F)cc(C(F)(F)F)c2)c(OC)c1-c1cccc2c1P[C@H](C)CO2. The fourth-order valence-corrected chi connectivity index (χ4v) is 6.80. The van der Waals surface area contributed by atoms with Crippen LogP contribution in [-0.4, -0.2) is 26.5 Å². The summed E-state index contributed by atoms with van der Waals surface area (Å²) in [7, 11) is 2.14. The molecule has 1 unspecified atom stereocenters. The lowest BCUT2D eigenvalue weighted by Crippen LogP contribution is -2.23. The van der Waals surface area contributed by atoms with E-state index < -0.39 is 69.2 Å². The maximum atomic E-state index is 13.9. The van der Waals surface area contributed by atoms with Crippen molar-refractivity contribution in [1.29, 1.82) is 0 Å². The maximum Gasteiger partial charge on any atom is 0.416 e. The Balaban J connectivity index is 1.99. The standard InChI is InChI=1S/C33H23F12O3P/c1-15-14-48-25-6-4-5-22(29(25)49-15)26-27(46-2)23(16-7-18(30(34,35)36)11-19(8-16)31(37,38)39)13-24(28(26)47-3)17-9-20(32(40,41)42)12-21(10-17)33(43,44)45/h4-13,15,49H,14H2,1-3H3/t15-/m1/s1. The molecule has 262 valence electrons. The average molecular weight is 726 g/mol. The van der Waals surface area contributed by atoms with E-state index in [1.54, 1.807) is 6.07 Å². The molecular weight excluding hydrogens is 703 g/mol. The molecule has 0 bridgehead atoms. The minimum Gasteiger partial charge on any atom is -0.495 e. The number of fused-ring (bicyclic) bond motifs is 1. The lowest BCUT2D eigenvalue weighted by Gasteiger charge is -2.28. The molecule has 4 aromatic carbocycles. The van der Waals surface area contributed by atoms with Crippen LogP contribution in [0.4, 0.5) is 52.7 Å². The van der Waals surface area contributed by atoms with E-state index in [0.29, 0.717) is 41.9 Å². The smallest absolute Gasteiger partial charge is 0.416 e. The van der Waals surface area contributed by atoms with Gasteiger partial charge in [-0.05, 0) is 59.7 Å². The average Bonchev–Trinajstić information content (AvgIpc) is 3.01. The summed E-state index contributed by atoms with van der Waals surface area (Å²) in [5.41, 5.74) is -9.29. The van der Waals surface area contributed by atoms with Gasteiger partial charge in [-0.15, -0.1) is 0 Å². The summed E-state index contributed by atoms with van der Waals surface area (Å²) >= 11 is 0. The number of alkyl halides is 12.